The van der Waals surface area contributed by atoms with Crippen molar-refractivity contribution in [2.75, 3.05) is 22.9 Å². The van der Waals surface area contributed by atoms with Crippen molar-refractivity contribution in [2.24, 2.45) is 0 Å². The fourth-order valence-electron chi connectivity index (χ4n) is 9.17. The lowest BCUT2D eigenvalue weighted by Crippen LogP contribution is -2.56. The van der Waals surface area contributed by atoms with Gasteiger partial charge < -0.3 is 22.9 Å². The highest BCUT2D eigenvalue weighted by molar-refractivity contribution is 6.04. The zero-order valence-corrected chi connectivity index (χ0v) is 45.8. The van der Waals surface area contributed by atoms with Gasteiger partial charge in [0.15, 0.2) is 0 Å². The summed E-state index contributed by atoms with van der Waals surface area (Å²) in [7, 11) is 0. The average Bonchev–Trinajstić information content (AvgIpc) is 0.705. The van der Waals surface area contributed by atoms with Gasteiger partial charge >= 0.3 is 0 Å². The number of aryl methyl sites for hydroxylation is 4. The quantitative estimate of drug-likeness (QED) is 0.0919. The largest absolute Gasteiger partial charge is 0.398 e. The van der Waals surface area contributed by atoms with E-state index >= 15 is 0 Å². The first kappa shape index (κ1) is 35.0. The fraction of sp³-hybridized carbons (Fsp3) is 0.333. The van der Waals surface area contributed by atoms with E-state index in [1.54, 1.807) is 27.3 Å². The number of benzene rings is 4. The molecule has 8 amide bonds. The second kappa shape index (κ2) is 22.9. The Bertz CT molecular complexity index is 5980. The maximum Gasteiger partial charge on any atom is 0.264 e. The van der Waals surface area contributed by atoms with Gasteiger partial charge in [0.25, 0.3) is 45.9 Å². The number of nitrogen functional groups attached to an aromatic ring is 4. The van der Waals surface area contributed by atoms with Crippen LogP contribution in [0.25, 0.3) is 43.6 Å². The van der Waals surface area contributed by atoms with Crippen LogP contribution < -0.4 is 66.4 Å². The molecule has 8 aromatic rings. The Balaban J connectivity index is 0.000000177. The summed E-state index contributed by atoms with van der Waals surface area (Å²) in [6, 6.07) is 4.79. The molecule has 4 unspecified atom stereocenters. The number of fused-ring (bicyclic) bond motifs is 4. The van der Waals surface area contributed by atoms with Crippen LogP contribution in [0.2, 0.25) is 0 Å². The van der Waals surface area contributed by atoms with Crippen LogP contribution in [0.3, 0.4) is 0 Å². The number of nitrogens with zero attached hydrogens (tertiary/aromatic N) is 8. The van der Waals surface area contributed by atoms with Crippen molar-refractivity contribution >= 4 is 114 Å². The van der Waals surface area contributed by atoms with Gasteiger partial charge in [0, 0.05) is 78.4 Å². The van der Waals surface area contributed by atoms with Crippen LogP contribution in [-0.4, -0.2) is 85.5 Å². The van der Waals surface area contributed by atoms with Crippen molar-refractivity contribution in [1.82, 2.24) is 59.5 Å². The van der Waals surface area contributed by atoms with E-state index in [0.717, 1.165) is 27.7 Å². The van der Waals surface area contributed by atoms with E-state index in [9.17, 15) is 57.5 Å². The van der Waals surface area contributed by atoms with Gasteiger partial charge in [0.2, 0.25) is 23.6 Å². The number of aromatic nitrogens is 8. The van der Waals surface area contributed by atoms with Gasteiger partial charge in [0.05, 0.1) is 51.8 Å². The normalized spacial score (nSPS) is 31.2. The maximum absolute atomic E-state index is 13.4. The molecule has 4 fully saturated rings. The van der Waals surface area contributed by atoms with E-state index in [-0.39, 0.29) is 43.6 Å². The zero-order chi connectivity index (χ0) is 88.4. The van der Waals surface area contributed by atoms with Crippen molar-refractivity contribution in [3.05, 3.63) is 137 Å². The number of carbonyl (C=O) groups is 8. The average molecular weight is 1230 g/mol. The Morgan fingerprint density at radius 3 is 0.989 bits per heavy atom. The molecule has 88 heavy (non-hydrogen) atoms. The third-order valence-corrected chi connectivity index (χ3v) is 13.7. The van der Waals surface area contributed by atoms with E-state index in [1.807, 2.05) is 0 Å². The summed E-state index contributed by atoms with van der Waals surface area (Å²) in [5.41, 5.74) is 6.36. The first-order valence-corrected chi connectivity index (χ1v) is 24.8. The molecule has 28 nitrogen and oxygen atoms in total. The molecule has 12 rings (SSSR count). The Labute approximate surface area is 538 Å². The maximum atomic E-state index is 13.4. The van der Waals surface area contributed by atoms with Crippen molar-refractivity contribution in [3.8, 4) is 0 Å². The third kappa shape index (κ3) is 10.6. The summed E-state index contributed by atoms with van der Waals surface area (Å²) in [6.07, 6.45) is -25.8. The first-order valence-electron chi connectivity index (χ1n) is 39.6. The molecule has 0 saturated carbocycles. The molecule has 0 aliphatic carbocycles. The van der Waals surface area contributed by atoms with Gasteiger partial charge in [-0.15, -0.1) is 0 Å². The summed E-state index contributed by atoms with van der Waals surface area (Å²) < 4.78 is 224. The lowest BCUT2D eigenvalue weighted by molar-refractivity contribution is -0.141. The summed E-state index contributed by atoms with van der Waals surface area (Å²) in [6.45, 7) is -1.78. The molecule has 4 aliphatic rings. The van der Waals surface area contributed by atoms with E-state index in [4.69, 9.17) is 61.3 Å². The zero-order valence-electron chi connectivity index (χ0n) is 73.8. The van der Waals surface area contributed by atoms with Crippen LogP contribution in [0.4, 0.5) is 22.7 Å². The molecule has 0 spiro atoms. The Morgan fingerprint density at radius 2 is 0.682 bits per heavy atom. The van der Waals surface area contributed by atoms with E-state index in [1.165, 1.54) is 30.3 Å². The van der Waals surface area contributed by atoms with Gasteiger partial charge in [0.1, 0.15) is 45.5 Å². The molecule has 0 radical (unpaired) electrons. The van der Waals surface area contributed by atoms with Gasteiger partial charge in [-0.1, -0.05) is 24.2 Å². The molecular formula is C60H64N16O12. The highest BCUT2D eigenvalue weighted by Gasteiger charge is 2.46. The highest BCUT2D eigenvalue weighted by Crippen LogP contribution is 2.32. The van der Waals surface area contributed by atoms with Crippen molar-refractivity contribution < 1.29 is 76.7 Å². The predicted molar refractivity (Wildman–Crippen MR) is 325 cm³/mol. The minimum atomic E-state index is -3.36. The second-order valence-corrected chi connectivity index (χ2v) is 19.5. The van der Waals surface area contributed by atoms with E-state index in [2.05, 4.69) is 19.9 Å². The minimum Gasteiger partial charge on any atom is -0.398 e. The lowest BCUT2D eigenvalue weighted by Gasteiger charge is -2.34. The van der Waals surface area contributed by atoms with Crippen LogP contribution in [-0.2, 0) is 60.5 Å². The third-order valence-electron chi connectivity index (χ3n) is 13.7. The minimum absolute atomic E-state index is 0.0266. The van der Waals surface area contributed by atoms with Gasteiger partial charge in [-0.2, -0.15) is 0 Å². The molecule has 456 valence electrons. The molecular weight excluding hydrogens is 1140 g/mol. The summed E-state index contributed by atoms with van der Waals surface area (Å²) in [5, 5.41) is 5.47. The first-order chi connectivity index (χ1) is 52.9. The van der Waals surface area contributed by atoms with Crippen molar-refractivity contribution in [2.45, 2.75) is 128 Å². The molecule has 0 bridgehead atoms. The van der Waals surface area contributed by atoms with Gasteiger partial charge in [-0.3, -0.25) is 97.1 Å². The number of hydrogen-bond donors (Lipinski definition) is 8. The van der Waals surface area contributed by atoms with Crippen molar-refractivity contribution in [3.63, 3.8) is 0 Å². The lowest BCUT2D eigenvalue weighted by atomic mass is 9.90. The summed E-state index contributed by atoms with van der Waals surface area (Å²) in [5.74, 6) is -13.5. The van der Waals surface area contributed by atoms with Crippen LogP contribution in [0.1, 0.15) is 140 Å². The topological polar surface area (TPSA) is 428 Å². The molecule has 4 saturated heterocycles. The van der Waals surface area contributed by atoms with Crippen LogP contribution in [0.15, 0.2) is 91.8 Å². The number of amides is 8. The molecule has 8 heterocycles. The number of nitrogens with one attached hydrogen (secondary N) is 4. The summed E-state index contributed by atoms with van der Waals surface area (Å²) in [4.78, 5) is 168. The monoisotopic (exact) mass is 1230 g/mol. The molecule has 4 atom stereocenters. The second-order valence-electron chi connectivity index (χ2n) is 19.5. The van der Waals surface area contributed by atoms with Gasteiger partial charge in [-0.05, 0) is 129 Å². The SMILES string of the molecule is [2H]C([2H])c1nc2cccc(N)c2c(=O)n1C1(C)C(=O)NC(=O)C([2H])([2H])C1([2H])[2H].[2H]Cc1nc2c([2H])c([2H])c([2H])c(N)c2c(=O)n1C1(C)C(=O)NC(=O)C([2H])([2H])C1([2H])[2H].[2H]Cc1nc2cccc(N)c2c(=O)n1C1(C)C(=O)NC(=O)C([2H])([2H])C1([2H])[2H].[2H]c1c([2H])c(N)c2c(=O)n(C3(C)C(=O)NC(=O)C([2H])([2H])C3([2H])[2H])c(C([2H])[2H])nc2c1[2H]. The number of rotatable bonds is 4. The van der Waals surface area contributed by atoms with Gasteiger partial charge in [-0.25, -0.2) is 19.9 Å². The van der Waals surface area contributed by atoms with Crippen LogP contribution in [0, 0.1) is 27.6 Å². The number of anilines is 4. The van der Waals surface area contributed by atoms with E-state index < -0.39 is 257 Å². The van der Waals surface area contributed by atoms with Crippen molar-refractivity contribution in [1.29, 1.82) is 0 Å². The number of nitrogens with two attached hydrogens (primary N) is 4. The van der Waals surface area contributed by atoms with Crippen LogP contribution in [0.5, 0.6) is 0 Å². The Morgan fingerprint density at radius 1 is 0.409 bits per heavy atom. The standard InChI is InChI=1S/4C15H16N4O3/c4*1-8-17-10-5-3-4-9(16)12(10)13(21)19(8)15(2)7-6-11(20)18-14(15)22/h4*3-5H,6-7,16H2,1-2H3,(H,18,20,22)/i1D2,3D,4D,5D,6D2,7D2;1D,3D,4D,5D,6D2,7D2;1D2,6D2,7D2;1D,6D2,7D2. The molecule has 4 aromatic heterocycles. The molecule has 4 aliphatic heterocycles. The number of hydrogen-bond acceptors (Lipinski definition) is 20. The smallest absolute Gasteiger partial charge is 0.264 e. The van der Waals surface area contributed by atoms with E-state index in [0.29, 0.717) is 13.7 Å². The Hall–Kier alpha value is -10.8. The summed E-state index contributed by atoms with van der Waals surface area (Å²) >= 11 is 0. The molecule has 4 aromatic carbocycles. The highest BCUT2D eigenvalue weighted by atomic mass is 16.2. The van der Waals surface area contributed by atoms with Crippen LogP contribution >= 0.6 is 0 Å². The number of piperidine rings is 4. The predicted octanol–water partition coefficient (Wildman–Crippen LogP) is 1.76. The number of carbonyl (C=O) groups excluding carboxylic acids is 8. The molecule has 12 N–H and O–H groups in total. The molecule has 28 heteroatoms. The fourth-order valence-corrected chi connectivity index (χ4v) is 9.17. The number of imide groups is 4. The Kier molecular flexibility index (Phi) is 9.10.